The van der Waals surface area contributed by atoms with Gasteiger partial charge in [0.15, 0.2) is 5.76 Å². The molecule has 1 aromatic carbocycles. The first-order valence-electron chi connectivity index (χ1n) is 7.12. The zero-order chi connectivity index (χ0) is 16.4. The molecule has 0 aliphatic heterocycles. The molecule has 1 aliphatic carbocycles. The monoisotopic (exact) mass is 328 g/mol. The lowest BCUT2D eigenvalue weighted by Crippen LogP contribution is -2.07. The molecule has 6 heteroatoms. The summed E-state index contributed by atoms with van der Waals surface area (Å²) in [6.07, 6.45) is 7.13. The molecule has 0 atom stereocenters. The average Bonchev–Trinajstić information content (AvgIpc) is 3.05. The third kappa shape index (κ3) is 3.27. The van der Waals surface area contributed by atoms with Crippen LogP contribution in [0.15, 0.2) is 53.1 Å². The van der Waals surface area contributed by atoms with Gasteiger partial charge in [-0.2, -0.15) is 8.42 Å². The molecule has 1 heterocycles. The highest BCUT2D eigenvalue weighted by Crippen LogP contribution is 2.27. The number of nitrogens with zero attached hydrogens (tertiary/aromatic N) is 2. The van der Waals surface area contributed by atoms with Crippen molar-refractivity contribution in [3.8, 4) is 11.3 Å². The minimum absolute atomic E-state index is 0.358. The van der Waals surface area contributed by atoms with Gasteiger partial charge in [-0.15, -0.1) is 0 Å². The first-order chi connectivity index (χ1) is 11.0. The molecule has 118 valence electrons. The molecule has 3 rings (SSSR count). The first-order valence-corrected chi connectivity index (χ1v) is 8.19. The summed E-state index contributed by atoms with van der Waals surface area (Å²) in [5, 5.41) is 0. The molecule has 0 saturated carbocycles. The lowest BCUT2D eigenvalue weighted by molar-refractivity contribution is 0.557. The van der Waals surface area contributed by atoms with E-state index in [4.69, 9.17) is 4.42 Å². The molecule has 1 aliphatic rings. The first kappa shape index (κ1) is 15.3. The van der Waals surface area contributed by atoms with Crippen LogP contribution in [-0.4, -0.2) is 32.4 Å². The molecule has 0 amide bonds. The molecule has 0 fully saturated rings. The largest absolute Gasteiger partial charge is 0.436 e. The van der Waals surface area contributed by atoms with Gasteiger partial charge in [0.2, 0.25) is 16.2 Å². The van der Waals surface area contributed by atoms with Crippen LogP contribution >= 0.6 is 0 Å². The number of hydrogen-bond donors (Lipinski definition) is 0. The highest BCUT2D eigenvalue weighted by molar-refractivity contribution is 7.73. The Kier molecular flexibility index (Phi) is 4.16. The number of oxazole rings is 1. The Bertz CT molecular complexity index is 909. The minimum Gasteiger partial charge on any atom is -0.436 e. The summed E-state index contributed by atoms with van der Waals surface area (Å²) in [5.74, 6) is 1.17. The molecule has 2 aromatic rings. The number of hydrogen-bond acceptors (Lipinski definition) is 5. The summed E-state index contributed by atoms with van der Waals surface area (Å²) in [7, 11) is 1.81. The fourth-order valence-electron chi connectivity index (χ4n) is 2.28. The Balaban J connectivity index is 1.84. The van der Waals surface area contributed by atoms with Crippen molar-refractivity contribution in [3.05, 3.63) is 54.6 Å². The zero-order valence-corrected chi connectivity index (χ0v) is 13.7. The van der Waals surface area contributed by atoms with Gasteiger partial charge in [-0.3, -0.25) is 0 Å². The van der Waals surface area contributed by atoms with Crippen molar-refractivity contribution in [3.63, 3.8) is 0 Å². The number of rotatable bonds is 3. The third-order valence-corrected chi connectivity index (χ3v) is 4.34. The number of anilines is 1. The maximum absolute atomic E-state index is 10.9. The van der Waals surface area contributed by atoms with Gasteiger partial charge in [0.05, 0.1) is 11.1 Å². The van der Waals surface area contributed by atoms with Gasteiger partial charge in [0.1, 0.15) is 0 Å². The summed E-state index contributed by atoms with van der Waals surface area (Å²) in [6.45, 7) is 0. The summed E-state index contributed by atoms with van der Waals surface area (Å²) in [6, 6.07) is 8.00. The predicted molar refractivity (Wildman–Crippen MR) is 91.9 cm³/mol. The zero-order valence-electron chi connectivity index (χ0n) is 12.9. The highest BCUT2D eigenvalue weighted by atomic mass is 32.2. The SMILES string of the molecule is CN(C)c1ccc(-c2cnc(C3=CCC(=S(=O)=O)C=C3)o2)cc1. The van der Waals surface area contributed by atoms with E-state index in [1.165, 1.54) is 0 Å². The Hall–Kier alpha value is -2.60. The van der Waals surface area contributed by atoms with Crippen molar-refractivity contribution < 1.29 is 12.8 Å². The standard InChI is InChI=1S/C17H16N2O3S/c1-19(2)14-7-3-12(4-8-14)16-11-18-17(22-16)13-5-9-15(10-6-13)23(20)21/h3-9,11H,10H2,1-2H3. The molecule has 0 bridgehead atoms. The van der Waals surface area contributed by atoms with Gasteiger partial charge in [-0.1, -0.05) is 6.08 Å². The van der Waals surface area contributed by atoms with Gasteiger partial charge < -0.3 is 9.32 Å². The van der Waals surface area contributed by atoms with Gasteiger partial charge in [-0.25, -0.2) is 4.98 Å². The molecular formula is C17H16N2O3S. The van der Waals surface area contributed by atoms with E-state index in [9.17, 15) is 8.42 Å². The predicted octanol–water partition coefficient (Wildman–Crippen LogP) is 2.80. The Morgan fingerprint density at radius 3 is 2.43 bits per heavy atom. The van der Waals surface area contributed by atoms with Crippen molar-refractivity contribution in [2.24, 2.45) is 0 Å². The molecule has 0 spiro atoms. The average molecular weight is 328 g/mol. The smallest absolute Gasteiger partial charge is 0.226 e. The quantitative estimate of drug-likeness (QED) is 0.811. The summed E-state index contributed by atoms with van der Waals surface area (Å²) in [4.78, 5) is 6.67. The molecule has 23 heavy (non-hydrogen) atoms. The van der Waals surface area contributed by atoms with Crippen molar-refractivity contribution in [2.45, 2.75) is 6.42 Å². The molecule has 0 saturated heterocycles. The lowest BCUT2D eigenvalue weighted by Gasteiger charge is -2.11. The van der Waals surface area contributed by atoms with Crippen LogP contribution in [0.2, 0.25) is 0 Å². The minimum atomic E-state index is -2.17. The fourth-order valence-corrected chi connectivity index (χ4v) is 2.67. The second-order valence-electron chi connectivity index (χ2n) is 5.37. The highest BCUT2D eigenvalue weighted by Gasteiger charge is 2.12. The third-order valence-electron chi connectivity index (χ3n) is 3.61. The van der Waals surface area contributed by atoms with E-state index in [1.807, 2.05) is 43.3 Å². The van der Waals surface area contributed by atoms with Crippen LogP contribution in [-0.2, 0) is 10.3 Å². The summed E-state index contributed by atoms with van der Waals surface area (Å²) >= 11 is 0. The molecule has 0 radical (unpaired) electrons. The van der Waals surface area contributed by atoms with Crippen LogP contribution in [0.3, 0.4) is 0 Å². The maximum atomic E-state index is 10.9. The van der Waals surface area contributed by atoms with Crippen LogP contribution in [0.5, 0.6) is 0 Å². The van der Waals surface area contributed by atoms with Gasteiger partial charge in [0, 0.05) is 37.3 Å². The van der Waals surface area contributed by atoms with E-state index >= 15 is 0 Å². The Morgan fingerprint density at radius 1 is 1.13 bits per heavy atom. The number of allylic oxidation sites excluding steroid dienone is 4. The topological polar surface area (TPSA) is 63.4 Å². The van der Waals surface area contributed by atoms with Crippen molar-refractivity contribution >= 4 is 26.4 Å². The van der Waals surface area contributed by atoms with Crippen LogP contribution in [0, 0.1) is 0 Å². The second-order valence-corrected chi connectivity index (χ2v) is 6.36. The molecule has 5 nitrogen and oxygen atoms in total. The van der Waals surface area contributed by atoms with Gasteiger partial charge in [-0.05, 0) is 36.4 Å². The molecule has 0 unspecified atom stereocenters. The molecular weight excluding hydrogens is 312 g/mol. The van der Waals surface area contributed by atoms with Gasteiger partial charge in [0.25, 0.3) is 0 Å². The Labute approximate surface area is 136 Å². The van der Waals surface area contributed by atoms with Crippen LogP contribution in [0.25, 0.3) is 16.9 Å². The maximum Gasteiger partial charge on any atom is 0.226 e. The summed E-state index contributed by atoms with van der Waals surface area (Å²) < 4.78 is 27.6. The lowest BCUT2D eigenvalue weighted by atomic mass is 10.1. The van der Waals surface area contributed by atoms with E-state index < -0.39 is 10.3 Å². The number of benzene rings is 1. The van der Waals surface area contributed by atoms with E-state index in [2.05, 4.69) is 4.98 Å². The molecule has 1 aromatic heterocycles. The van der Waals surface area contributed by atoms with Crippen molar-refractivity contribution in [1.29, 1.82) is 0 Å². The Morgan fingerprint density at radius 2 is 1.87 bits per heavy atom. The number of aromatic nitrogens is 1. The summed E-state index contributed by atoms with van der Waals surface area (Å²) in [5.41, 5.74) is 2.85. The second kappa shape index (κ2) is 6.26. The van der Waals surface area contributed by atoms with E-state index in [0.717, 1.165) is 16.8 Å². The van der Waals surface area contributed by atoms with Crippen LogP contribution in [0.4, 0.5) is 5.69 Å². The molecule has 0 N–H and O–H groups in total. The normalized spacial score (nSPS) is 13.8. The van der Waals surface area contributed by atoms with Crippen LogP contribution < -0.4 is 4.90 Å². The van der Waals surface area contributed by atoms with Gasteiger partial charge >= 0.3 is 0 Å². The fraction of sp³-hybridized carbons (Fsp3) is 0.176. The van der Waals surface area contributed by atoms with Crippen LogP contribution in [0.1, 0.15) is 12.3 Å². The van der Waals surface area contributed by atoms with E-state index in [1.54, 1.807) is 24.4 Å². The van der Waals surface area contributed by atoms with E-state index in [-0.39, 0.29) is 0 Å². The van der Waals surface area contributed by atoms with E-state index in [0.29, 0.717) is 22.9 Å². The van der Waals surface area contributed by atoms with Crippen molar-refractivity contribution in [2.75, 3.05) is 19.0 Å². The van der Waals surface area contributed by atoms with Crippen molar-refractivity contribution in [1.82, 2.24) is 4.98 Å².